The molecule has 0 aliphatic carbocycles. The zero-order valence-electron chi connectivity index (χ0n) is 9.45. The van der Waals surface area contributed by atoms with Crippen molar-refractivity contribution in [2.24, 2.45) is 0 Å². The number of benzene rings is 1. The summed E-state index contributed by atoms with van der Waals surface area (Å²) >= 11 is 4.73. The van der Waals surface area contributed by atoms with Crippen LogP contribution in [0, 0.1) is 5.82 Å². The lowest BCUT2D eigenvalue weighted by molar-refractivity contribution is 0.0953. The van der Waals surface area contributed by atoms with Gasteiger partial charge in [0, 0.05) is 11.4 Å². The second-order valence-corrected chi connectivity index (χ2v) is 5.51. The van der Waals surface area contributed by atoms with Crippen molar-refractivity contribution in [2.45, 2.75) is 6.42 Å². The molecule has 0 bridgehead atoms. The molecule has 0 aliphatic heterocycles. The zero-order chi connectivity index (χ0) is 13.0. The van der Waals surface area contributed by atoms with Crippen LogP contribution in [0.2, 0.25) is 0 Å². The second kappa shape index (κ2) is 6.11. The first-order valence-electron chi connectivity index (χ1n) is 5.43. The van der Waals surface area contributed by atoms with E-state index in [4.69, 9.17) is 0 Å². The van der Waals surface area contributed by atoms with Gasteiger partial charge in [-0.25, -0.2) is 4.39 Å². The maximum absolute atomic E-state index is 13.3. The minimum absolute atomic E-state index is 0.207. The first kappa shape index (κ1) is 13.2. The lowest BCUT2D eigenvalue weighted by atomic mass is 10.2. The summed E-state index contributed by atoms with van der Waals surface area (Å²) in [4.78, 5) is 13.1. The highest BCUT2D eigenvalue weighted by molar-refractivity contribution is 9.10. The van der Waals surface area contributed by atoms with Crippen LogP contribution >= 0.6 is 27.3 Å². The standard InChI is InChI=1S/C13H11BrFNOS/c14-12-10(4-1-5-11(12)15)13(17)16-7-6-9-3-2-8-18-9/h1-5,8H,6-7H2,(H,16,17). The molecule has 0 fully saturated rings. The van der Waals surface area contributed by atoms with Crippen LogP contribution in [-0.2, 0) is 6.42 Å². The van der Waals surface area contributed by atoms with E-state index in [1.807, 2.05) is 17.5 Å². The first-order valence-corrected chi connectivity index (χ1v) is 7.10. The first-order chi connectivity index (χ1) is 8.68. The van der Waals surface area contributed by atoms with E-state index in [2.05, 4.69) is 21.2 Å². The van der Waals surface area contributed by atoms with Crippen molar-refractivity contribution in [1.29, 1.82) is 0 Å². The third-order valence-corrected chi connectivity index (χ3v) is 4.18. The van der Waals surface area contributed by atoms with Crippen LogP contribution in [-0.4, -0.2) is 12.5 Å². The van der Waals surface area contributed by atoms with Crippen LogP contribution < -0.4 is 5.32 Å². The molecule has 1 aromatic carbocycles. The quantitative estimate of drug-likeness (QED) is 0.912. The van der Waals surface area contributed by atoms with Crippen LogP contribution in [0.25, 0.3) is 0 Å². The lowest BCUT2D eigenvalue weighted by Crippen LogP contribution is -2.26. The molecule has 2 nitrogen and oxygen atoms in total. The Morgan fingerprint density at radius 3 is 2.89 bits per heavy atom. The van der Waals surface area contributed by atoms with E-state index in [1.54, 1.807) is 17.4 Å². The van der Waals surface area contributed by atoms with Gasteiger partial charge in [0.2, 0.25) is 0 Å². The van der Waals surface area contributed by atoms with Crippen LogP contribution in [0.4, 0.5) is 4.39 Å². The molecule has 1 aromatic heterocycles. The van der Waals surface area contributed by atoms with E-state index in [1.165, 1.54) is 17.0 Å². The number of hydrogen-bond acceptors (Lipinski definition) is 2. The predicted molar refractivity (Wildman–Crippen MR) is 74.5 cm³/mol. The molecule has 2 rings (SSSR count). The van der Waals surface area contributed by atoms with Crippen LogP contribution in [0.15, 0.2) is 40.2 Å². The van der Waals surface area contributed by atoms with Crippen molar-refractivity contribution < 1.29 is 9.18 Å². The van der Waals surface area contributed by atoms with E-state index in [0.717, 1.165) is 6.42 Å². The van der Waals surface area contributed by atoms with Gasteiger partial charge in [-0.15, -0.1) is 11.3 Å². The van der Waals surface area contributed by atoms with Crippen LogP contribution in [0.1, 0.15) is 15.2 Å². The third kappa shape index (κ3) is 3.17. The van der Waals surface area contributed by atoms with Crippen molar-refractivity contribution in [3.8, 4) is 0 Å². The maximum Gasteiger partial charge on any atom is 0.252 e. The Hall–Kier alpha value is -1.20. The van der Waals surface area contributed by atoms with Gasteiger partial charge < -0.3 is 5.32 Å². The molecule has 0 atom stereocenters. The van der Waals surface area contributed by atoms with Crippen LogP contribution in [0.5, 0.6) is 0 Å². The Morgan fingerprint density at radius 1 is 1.33 bits per heavy atom. The monoisotopic (exact) mass is 327 g/mol. The molecule has 0 unspecified atom stereocenters. The molecular formula is C13H11BrFNOS. The molecule has 0 radical (unpaired) electrons. The minimum atomic E-state index is -0.430. The summed E-state index contributed by atoms with van der Waals surface area (Å²) in [5.41, 5.74) is 0.321. The molecule has 0 aliphatic rings. The number of nitrogens with one attached hydrogen (secondary N) is 1. The number of amides is 1. The summed E-state index contributed by atoms with van der Waals surface area (Å²) in [6.45, 7) is 0.544. The Kier molecular flexibility index (Phi) is 4.49. The Bertz CT molecular complexity index is 542. The fourth-order valence-corrected chi connectivity index (χ4v) is 2.68. The average Bonchev–Trinajstić information content (AvgIpc) is 2.85. The number of rotatable bonds is 4. The van der Waals surface area contributed by atoms with Crippen molar-refractivity contribution in [2.75, 3.05) is 6.54 Å². The largest absolute Gasteiger partial charge is 0.352 e. The topological polar surface area (TPSA) is 29.1 Å². The Morgan fingerprint density at radius 2 is 2.17 bits per heavy atom. The van der Waals surface area contributed by atoms with Crippen LogP contribution in [0.3, 0.4) is 0 Å². The number of hydrogen-bond donors (Lipinski definition) is 1. The van der Waals surface area contributed by atoms with Crippen molar-refractivity contribution >= 4 is 33.2 Å². The van der Waals surface area contributed by atoms with E-state index in [-0.39, 0.29) is 10.4 Å². The Balaban J connectivity index is 1.93. The highest BCUT2D eigenvalue weighted by Gasteiger charge is 2.12. The molecule has 0 saturated heterocycles. The molecule has 1 heterocycles. The SMILES string of the molecule is O=C(NCCc1cccs1)c1cccc(F)c1Br. The van der Waals surface area contributed by atoms with Gasteiger partial charge in [-0.1, -0.05) is 12.1 Å². The van der Waals surface area contributed by atoms with Gasteiger partial charge in [-0.2, -0.15) is 0 Å². The van der Waals surface area contributed by atoms with E-state index >= 15 is 0 Å². The Labute approximate surface area is 117 Å². The van der Waals surface area contributed by atoms with Crippen molar-refractivity contribution in [3.05, 3.63) is 56.4 Å². The van der Waals surface area contributed by atoms with E-state index in [9.17, 15) is 9.18 Å². The number of carbonyl (C=O) groups excluding carboxylic acids is 1. The third-order valence-electron chi connectivity index (χ3n) is 2.43. The summed E-state index contributed by atoms with van der Waals surface area (Å²) < 4.78 is 13.5. The normalized spacial score (nSPS) is 10.3. The fraction of sp³-hybridized carbons (Fsp3) is 0.154. The number of thiophene rings is 1. The van der Waals surface area contributed by atoms with Gasteiger partial charge in [-0.3, -0.25) is 4.79 Å². The maximum atomic E-state index is 13.3. The zero-order valence-corrected chi connectivity index (χ0v) is 11.9. The van der Waals surface area contributed by atoms with Crippen molar-refractivity contribution in [3.63, 3.8) is 0 Å². The minimum Gasteiger partial charge on any atom is -0.352 e. The van der Waals surface area contributed by atoms with Gasteiger partial charge in [-0.05, 0) is 45.9 Å². The smallest absolute Gasteiger partial charge is 0.252 e. The summed E-state index contributed by atoms with van der Waals surface area (Å²) in [5.74, 6) is -0.696. The summed E-state index contributed by atoms with van der Waals surface area (Å²) in [7, 11) is 0. The summed E-state index contributed by atoms with van der Waals surface area (Å²) in [6.07, 6.45) is 0.788. The van der Waals surface area contributed by atoms with Gasteiger partial charge in [0.25, 0.3) is 5.91 Å². The highest BCUT2D eigenvalue weighted by Crippen LogP contribution is 2.20. The molecule has 1 amide bonds. The van der Waals surface area contributed by atoms with Gasteiger partial charge in [0.15, 0.2) is 0 Å². The van der Waals surface area contributed by atoms with Gasteiger partial charge in [0.1, 0.15) is 5.82 Å². The molecule has 1 N–H and O–H groups in total. The predicted octanol–water partition coefficient (Wildman–Crippen LogP) is 3.62. The average molecular weight is 328 g/mol. The summed E-state index contributed by atoms with van der Waals surface area (Å²) in [5, 5.41) is 4.78. The fourth-order valence-electron chi connectivity index (χ4n) is 1.53. The molecule has 5 heteroatoms. The molecule has 18 heavy (non-hydrogen) atoms. The molecule has 94 valence electrons. The second-order valence-electron chi connectivity index (χ2n) is 3.69. The summed E-state index contributed by atoms with van der Waals surface area (Å²) in [6, 6.07) is 8.42. The highest BCUT2D eigenvalue weighted by atomic mass is 79.9. The lowest BCUT2D eigenvalue weighted by Gasteiger charge is -2.06. The van der Waals surface area contributed by atoms with Gasteiger partial charge in [0.05, 0.1) is 10.0 Å². The molecule has 0 saturated carbocycles. The van der Waals surface area contributed by atoms with Crippen molar-refractivity contribution in [1.82, 2.24) is 5.32 Å². The molecule has 0 spiro atoms. The molecule has 2 aromatic rings. The number of carbonyl (C=O) groups is 1. The van der Waals surface area contributed by atoms with Gasteiger partial charge >= 0.3 is 0 Å². The molecular weight excluding hydrogens is 317 g/mol. The van der Waals surface area contributed by atoms with E-state index < -0.39 is 5.82 Å². The number of halogens is 2. The van der Waals surface area contributed by atoms with E-state index in [0.29, 0.717) is 12.1 Å².